The van der Waals surface area contributed by atoms with Crippen LogP contribution in [0.4, 0.5) is 0 Å². The Bertz CT molecular complexity index is 169. The fourth-order valence-corrected chi connectivity index (χ4v) is 2.61. The SMILES string of the molecule is CN1CCC[C@@H]2C(CC=O)[C@@H]21. The Labute approximate surface area is 67.6 Å². The zero-order valence-electron chi connectivity index (χ0n) is 6.99. The summed E-state index contributed by atoms with van der Waals surface area (Å²) in [7, 11) is 2.18. The summed E-state index contributed by atoms with van der Waals surface area (Å²) < 4.78 is 0. The first kappa shape index (κ1) is 7.29. The molecule has 0 aromatic rings. The topological polar surface area (TPSA) is 20.3 Å². The number of fused-ring (bicyclic) bond motifs is 1. The van der Waals surface area contributed by atoms with Gasteiger partial charge in [0.2, 0.25) is 0 Å². The molecule has 2 aliphatic rings. The zero-order chi connectivity index (χ0) is 7.84. The average Bonchev–Trinajstić information content (AvgIpc) is 2.66. The lowest BCUT2D eigenvalue weighted by Crippen LogP contribution is -2.27. The quantitative estimate of drug-likeness (QED) is 0.550. The van der Waals surface area contributed by atoms with Gasteiger partial charge in [-0.3, -0.25) is 0 Å². The molecule has 1 unspecified atom stereocenters. The van der Waals surface area contributed by atoms with Crippen LogP contribution in [0, 0.1) is 11.8 Å². The Hall–Kier alpha value is -0.370. The summed E-state index contributed by atoms with van der Waals surface area (Å²) in [5.41, 5.74) is 0. The van der Waals surface area contributed by atoms with Crippen molar-refractivity contribution in [2.45, 2.75) is 25.3 Å². The number of carbonyl (C=O) groups is 1. The van der Waals surface area contributed by atoms with E-state index >= 15 is 0 Å². The lowest BCUT2D eigenvalue weighted by Gasteiger charge is -2.20. The molecule has 0 spiro atoms. The van der Waals surface area contributed by atoms with Crippen molar-refractivity contribution in [2.75, 3.05) is 13.6 Å². The Morgan fingerprint density at radius 3 is 3.09 bits per heavy atom. The van der Waals surface area contributed by atoms with Crippen molar-refractivity contribution in [2.24, 2.45) is 11.8 Å². The van der Waals surface area contributed by atoms with Crippen LogP contribution in [0.2, 0.25) is 0 Å². The maximum absolute atomic E-state index is 10.3. The van der Waals surface area contributed by atoms with Gasteiger partial charge >= 0.3 is 0 Å². The number of hydrogen-bond donors (Lipinski definition) is 0. The molecule has 1 aliphatic heterocycles. The number of likely N-dealkylation sites (tertiary alicyclic amines) is 1. The van der Waals surface area contributed by atoms with Gasteiger partial charge in [0.1, 0.15) is 6.29 Å². The van der Waals surface area contributed by atoms with Crippen molar-refractivity contribution in [3.8, 4) is 0 Å². The predicted molar refractivity (Wildman–Crippen MR) is 43.3 cm³/mol. The molecule has 0 aromatic carbocycles. The molecule has 0 radical (unpaired) electrons. The van der Waals surface area contributed by atoms with Crippen LogP contribution in [0.15, 0.2) is 0 Å². The van der Waals surface area contributed by atoms with Crippen LogP contribution < -0.4 is 0 Å². The third-order valence-electron chi connectivity index (χ3n) is 3.21. The van der Waals surface area contributed by atoms with Gasteiger partial charge in [0.05, 0.1) is 0 Å². The van der Waals surface area contributed by atoms with Crippen LogP contribution in [-0.4, -0.2) is 30.8 Å². The summed E-state index contributed by atoms with van der Waals surface area (Å²) >= 11 is 0. The smallest absolute Gasteiger partial charge is 0.120 e. The summed E-state index contributed by atoms with van der Waals surface area (Å²) in [6.45, 7) is 1.23. The van der Waals surface area contributed by atoms with Gasteiger partial charge in [-0.2, -0.15) is 0 Å². The number of nitrogens with zero attached hydrogens (tertiary/aromatic N) is 1. The molecule has 2 rings (SSSR count). The summed E-state index contributed by atoms with van der Waals surface area (Å²) in [5.74, 6) is 1.57. The van der Waals surface area contributed by atoms with E-state index in [4.69, 9.17) is 0 Å². The molecule has 1 heterocycles. The van der Waals surface area contributed by atoms with Crippen LogP contribution in [-0.2, 0) is 4.79 Å². The van der Waals surface area contributed by atoms with Gasteiger partial charge in [0, 0.05) is 12.5 Å². The van der Waals surface area contributed by atoms with Gasteiger partial charge in [0.15, 0.2) is 0 Å². The Morgan fingerprint density at radius 2 is 2.45 bits per heavy atom. The summed E-state index contributed by atoms with van der Waals surface area (Å²) in [6, 6.07) is 0.758. The van der Waals surface area contributed by atoms with Gasteiger partial charge in [-0.05, 0) is 38.3 Å². The van der Waals surface area contributed by atoms with Crippen molar-refractivity contribution < 1.29 is 4.79 Å². The number of hydrogen-bond acceptors (Lipinski definition) is 2. The molecule has 11 heavy (non-hydrogen) atoms. The van der Waals surface area contributed by atoms with E-state index in [1.165, 1.54) is 19.4 Å². The Kier molecular flexibility index (Phi) is 1.72. The van der Waals surface area contributed by atoms with Gasteiger partial charge in [-0.25, -0.2) is 0 Å². The van der Waals surface area contributed by atoms with E-state index in [2.05, 4.69) is 11.9 Å². The minimum atomic E-state index is 0.708. The molecular weight excluding hydrogens is 138 g/mol. The highest BCUT2D eigenvalue weighted by molar-refractivity contribution is 5.51. The summed E-state index contributed by atoms with van der Waals surface area (Å²) in [5, 5.41) is 0. The van der Waals surface area contributed by atoms with Crippen molar-refractivity contribution in [3.63, 3.8) is 0 Å². The van der Waals surface area contributed by atoms with E-state index in [-0.39, 0.29) is 0 Å². The molecule has 1 saturated heterocycles. The molecule has 0 amide bonds. The standard InChI is InChI=1S/C9H15NO/c1-10-5-2-3-7-8(4-6-11)9(7)10/h6-9H,2-5H2,1H3/t7-,8?,9-/m1/s1. The maximum atomic E-state index is 10.3. The first-order valence-corrected chi connectivity index (χ1v) is 4.48. The van der Waals surface area contributed by atoms with Crippen molar-refractivity contribution >= 4 is 6.29 Å². The van der Waals surface area contributed by atoms with Crippen LogP contribution in [0.25, 0.3) is 0 Å². The Morgan fingerprint density at radius 1 is 1.64 bits per heavy atom. The van der Waals surface area contributed by atoms with Gasteiger partial charge < -0.3 is 9.69 Å². The highest BCUT2D eigenvalue weighted by Crippen LogP contribution is 2.50. The van der Waals surface area contributed by atoms with E-state index in [0.717, 1.165) is 24.7 Å². The second-order valence-corrected chi connectivity index (χ2v) is 3.84. The predicted octanol–water partition coefficient (Wildman–Crippen LogP) is 0.916. The van der Waals surface area contributed by atoms with E-state index < -0.39 is 0 Å². The second-order valence-electron chi connectivity index (χ2n) is 3.84. The lowest BCUT2D eigenvalue weighted by molar-refractivity contribution is -0.108. The normalized spacial score (nSPS) is 43.2. The van der Waals surface area contributed by atoms with Crippen molar-refractivity contribution in [3.05, 3.63) is 0 Å². The Balaban J connectivity index is 1.94. The minimum absolute atomic E-state index is 0.708. The fourth-order valence-electron chi connectivity index (χ4n) is 2.61. The van der Waals surface area contributed by atoms with Crippen LogP contribution in [0.5, 0.6) is 0 Å². The van der Waals surface area contributed by atoms with Crippen LogP contribution in [0.3, 0.4) is 0 Å². The number of aldehydes is 1. The third-order valence-corrected chi connectivity index (χ3v) is 3.21. The summed E-state index contributed by atoms with van der Waals surface area (Å²) in [4.78, 5) is 12.7. The molecular formula is C9H15NO. The zero-order valence-corrected chi connectivity index (χ0v) is 6.99. The summed E-state index contributed by atoms with van der Waals surface area (Å²) in [6.07, 6.45) is 4.55. The third kappa shape index (κ3) is 1.09. The number of carbonyl (C=O) groups excluding carboxylic acids is 1. The van der Waals surface area contributed by atoms with Crippen molar-refractivity contribution in [1.29, 1.82) is 0 Å². The van der Waals surface area contributed by atoms with E-state index in [0.29, 0.717) is 5.92 Å². The van der Waals surface area contributed by atoms with Crippen LogP contribution >= 0.6 is 0 Å². The van der Waals surface area contributed by atoms with Crippen LogP contribution in [0.1, 0.15) is 19.3 Å². The number of piperidine rings is 1. The van der Waals surface area contributed by atoms with E-state index in [1.54, 1.807) is 0 Å². The van der Waals surface area contributed by atoms with Gasteiger partial charge in [-0.1, -0.05) is 0 Å². The molecule has 2 heteroatoms. The fraction of sp³-hybridized carbons (Fsp3) is 0.889. The lowest BCUT2D eigenvalue weighted by atomic mass is 10.1. The molecule has 2 nitrogen and oxygen atoms in total. The van der Waals surface area contributed by atoms with Gasteiger partial charge in [-0.15, -0.1) is 0 Å². The van der Waals surface area contributed by atoms with E-state index in [9.17, 15) is 4.79 Å². The molecule has 2 fully saturated rings. The molecule has 3 atom stereocenters. The molecule has 0 bridgehead atoms. The highest BCUT2D eigenvalue weighted by Gasteiger charge is 2.52. The van der Waals surface area contributed by atoms with Gasteiger partial charge in [0.25, 0.3) is 0 Å². The molecule has 62 valence electrons. The van der Waals surface area contributed by atoms with E-state index in [1.807, 2.05) is 0 Å². The molecule has 0 N–H and O–H groups in total. The second kappa shape index (κ2) is 2.59. The molecule has 0 aromatic heterocycles. The maximum Gasteiger partial charge on any atom is 0.120 e. The first-order chi connectivity index (χ1) is 5.34. The molecule has 1 saturated carbocycles. The monoisotopic (exact) mass is 153 g/mol. The first-order valence-electron chi connectivity index (χ1n) is 4.48. The highest BCUT2D eigenvalue weighted by atomic mass is 16.1. The molecule has 1 aliphatic carbocycles. The minimum Gasteiger partial charge on any atom is -0.303 e. The average molecular weight is 153 g/mol. The van der Waals surface area contributed by atoms with Crippen molar-refractivity contribution in [1.82, 2.24) is 4.90 Å². The largest absolute Gasteiger partial charge is 0.303 e. The number of rotatable bonds is 2.